The molecule has 17 heavy (non-hydrogen) atoms. The Morgan fingerprint density at radius 2 is 2.35 bits per heavy atom. The molecule has 2 heterocycles. The number of aromatic nitrogens is 1. The van der Waals surface area contributed by atoms with Crippen LogP contribution in [0.1, 0.15) is 17.7 Å². The van der Waals surface area contributed by atoms with Crippen molar-refractivity contribution in [1.82, 2.24) is 4.98 Å². The first-order valence-electron chi connectivity index (χ1n) is 5.17. The van der Waals surface area contributed by atoms with Gasteiger partial charge in [0.1, 0.15) is 0 Å². The molecule has 3 nitrogen and oxygen atoms in total. The largest absolute Gasteiger partial charge is 0.302 e. The first-order valence-corrected chi connectivity index (χ1v) is 7.66. The lowest BCUT2D eigenvalue weighted by Gasteiger charge is -2.00. The number of nitrogens with zero attached hydrogens (tertiary/aromatic N) is 1. The molecule has 0 saturated heterocycles. The maximum absolute atomic E-state index is 11.6. The highest BCUT2D eigenvalue weighted by atomic mass is 79.9. The fourth-order valence-corrected chi connectivity index (χ4v) is 3.45. The molecule has 2 aromatic heterocycles. The summed E-state index contributed by atoms with van der Waals surface area (Å²) in [6, 6.07) is 4.13. The van der Waals surface area contributed by atoms with Crippen molar-refractivity contribution in [3.63, 3.8) is 0 Å². The number of carbonyl (C=O) groups excluding carboxylic acids is 1. The van der Waals surface area contributed by atoms with Gasteiger partial charge < -0.3 is 5.32 Å². The van der Waals surface area contributed by atoms with E-state index in [9.17, 15) is 4.79 Å². The van der Waals surface area contributed by atoms with Crippen molar-refractivity contribution in [2.45, 2.75) is 19.3 Å². The van der Waals surface area contributed by atoms with Crippen LogP contribution in [0.15, 0.2) is 27.5 Å². The molecule has 2 aromatic rings. The lowest BCUT2D eigenvalue weighted by Crippen LogP contribution is -2.10. The monoisotopic (exact) mass is 330 g/mol. The van der Waals surface area contributed by atoms with Crippen molar-refractivity contribution in [3.05, 3.63) is 32.4 Å². The average Bonchev–Trinajstić information content (AvgIpc) is 2.90. The molecule has 0 radical (unpaired) electrons. The molecule has 90 valence electrons. The summed E-state index contributed by atoms with van der Waals surface area (Å²) >= 11 is 6.58. The Bertz CT molecular complexity index is 481. The van der Waals surface area contributed by atoms with Crippen molar-refractivity contribution >= 4 is 49.6 Å². The van der Waals surface area contributed by atoms with Crippen LogP contribution in [-0.2, 0) is 11.2 Å². The standard InChI is InChI=1S/C11H11BrN2OS2/c12-9-5-4-8(17-9)2-1-3-10(15)14-11-13-6-7-16-11/h4-7H,1-3H2,(H,13,14,15). The fraction of sp³-hybridized carbons (Fsp3) is 0.273. The van der Waals surface area contributed by atoms with Crippen LogP contribution in [0.25, 0.3) is 0 Å². The van der Waals surface area contributed by atoms with E-state index in [1.807, 2.05) is 11.4 Å². The Morgan fingerprint density at radius 3 is 3.00 bits per heavy atom. The Labute approximate surface area is 116 Å². The van der Waals surface area contributed by atoms with Gasteiger partial charge in [-0.15, -0.1) is 22.7 Å². The van der Waals surface area contributed by atoms with Gasteiger partial charge in [-0.25, -0.2) is 4.98 Å². The minimum atomic E-state index is 0.0376. The van der Waals surface area contributed by atoms with Gasteiger partial charge in [0.2, 0.25) is 5.91 Å². The number of nitrogens with one attached hydrogen (secondary N) is 1. The second-order valence-corrected chi connectivity index (χ2v) is 6.89. The summed E-state index contributed by atoms with van der Waals surface area (Å²) in [7, 11) is 0. The summed E-state index contributed by atoms with van der Waals surface area (Å²) in [4.78, 5) is 16.9. The number of thiazole rings is 1. The highest BCUT2D eigenvalue weighted by Gasteiger charge is 2.04. The molecule has 2 rings (SSSR count). The Balaban J connectivity index is 1.70. The quantitative estimate of drug-likeness (QED) is 0.902. The third-order valence-corrected chi connectivity index (χ3v) is 4.51. The number of halogens is 1. The minimum absolute atomic E-state index is 0.0376. The molecular weight excluding hydrogens is 320 g/mol. The van der Waals surface area contributed by atoms with E-state index in [2.05, 4.69) is 32.3 Å². The van der Waals surface area contributed by atoms with Crippen LogP contribution >= 0.6 is 38.6 Å². The molecule has 0 unspecified atom stereocenters. The second-order valence-electron chi connectivity index (χ2n) is 3.44. The van der Waals surface area contributed by atoms with Crippen LogP contribution in [0.3, 0.4) is 0 Å². The molecule has 0 atom stereocenters. The third-order valence-electron chi connectivity index (χ3n) is 2.13. The Hall–Kier alpha value is -0.720. The van der Waals surface area contributed by atoms with E-state index in [1.165, 1.54) is 16.2 Å². The number of anilines is 1. The Kier molecular flexibility index (Phi) is 4.70. The first kappa shape index (κ1) is 12.7. The summed E-state index contributed by atoms with van der Waals surface area (Å²) in [5, 5.41) is 5.30. The SMILES string of the molecule is O=C(CCCc1ccc(Br)s1)Nc1nccs1. The highest BCUT2D eigenvalue weighted by Crippen LogP contribution is 2.23. The van der Waals surface area contributed by atoms with E-state index < -0.39 is 0 Å². The molecule has 0 bridgehead atoms. The van der Waals surface area contributed by atoms with Gasteiger partial charge in [0.25, 0.3) is 0 Å². The molecule has 6 heteroatoms. The number of aryl methyl sites for hydroxylation is 1. The average molecular weight is 331 g/mol. The normalized spacial score (nSPS) is 10.4. The third kappa shape index (κ3) is 4.22. The van der Waals surface area contributed by atoms with E-state index >= 15 is 0 Å². The Morgan fingerprint density at radius 1 is 1.47 bits per heavy atom. The van der Waals surface area contributed by atoms with Crippen molar-refractivity contribution in [3.8, 4) is 0 Å². The van der Waals surface area contributed by atoms with Gasteiger partial charge in [-0.2, -0.15) is 0 Å². The zero-order valence-electron chi connectivity index (χ0n) is 8.98. The van der Waals surface area contributed by atoms with E-state index in [0.717, 1.165) is 16.6 Å². The summed E-state index contributed by atoms with van der Waals surface area (Å²) in [5.41, 5.74) is 0. The van der Waals surface area contributed by atoms with Gasteiger partial charge in [-0.3, -0.25) is 4.79 Å². The zero-order chi connectivity index (χ0) is 12.1. The van der Waals surface area contributed by atoms with Gasteiger partial charge in [0, 0.05) is 22.9 Å². The van der Waals surface area contributed by atoms with Crippen molar-refractivity contribution in [2.24, 2.45) is 0 Å². The van der Waals surface area contributed by atoms with Gasteiger partial charge in [0.05, 0.1) is 3.79 Å². The summed E-state index contributed by atoms with van der Waals surface area (Å²) < 4.78 is 1.14. The minimum Gasteiger partial charge on any atom is -0.302 e. The van der Waals surface area contributed by atoms with Gasteiger partial charge in [0.15, 0.2) is 5.13 Å². The van der Waals surface area contributed by atoms with Crippen LogP contribution in [0.2, 0.25) is 0 Å². The van der Waals surface area contributed by atoms with Gasteiger partial charge in [-0.1, -0.05) is 0 Å². The zero-order valence-corrected chi connectivity index (χ0v) is 12.2. The van der Waals surface area contributed by atoms with Crippen LogP contribution in [0.5, 0.6) is 0 Å². The molecular formula is C11H11BrN2OS2. The van der Waals surface area contributed by atoms with Gasteiger partial charge in [-0.05, 0) is 40.9 Å². The molecule has 0 saturated carbocycles. The second kappa shape index (κ2) is 6.28. The maximum atomic E-state index is 11.6. The van der Waals surface area contributed by atoms with Crippen molar-refractivity contribution < 1.29 is 4.79 Å². The molecule has 0 spiro atoms. The number of hydrogen-bond acceptors (Lipinski definition) is 4. The van der Waals surface area contributed by atoms with Crippen LogP contribution < -0.4 is 5.32 Å². The van der Waals surface area contributed by atoms with E-state index in [4.69, 9.17) is 0 Å². The van der Waals surface area contributed by atoms with Crippen LogP contribution in [0.4, 0.5) is 5.13 Å². The van der Waals surface area contributed by atoms with E-state index in [-0.39, 0.29) is 5.91 Å². The number of hydrogen-bond donors (Lipinski definition) is 1. The predicted octanol–water partition coefficient (Wildman–Crippen LogP) is 3.93. The maximum Gasteiger partial charge on any atom is 0.226 e. The van der Waals surface area contributed by atoms with Crippen LogP contribution in [-0.4, -0.2) is 10.9 Å². The molecule has 0 aliphatic carbocycles. The lowest BCUT2D eigenvalue weighted by molar-refractivity contribution is -0.116. The van der Waals surface area contributed by atoms with Crippen molar-refractivity contribution in [2.75, 3.05) is 5.32 Å². The first-order chi connectivity index (χ1) is 8.24. The highest BCUT2D eigenvalue weighted by molar-refractivity contribution is 9.11. The molecule has 1 amide bonds. The van der Waals surface area contributed by atoms with Crippen molar-refractivity contribution in [1.29, 1.82) is 0 Å². The number of amides is 1. The molecule has 0 aromatic carbocycles. The van der Waals surface area contributed by atoms with Crippen LogP contribution in [0, 0.1) is 0 Å². The molecule has 0 aliphatic rings. The van der Waals surface area contributed by atoms with Gasteiger partial charge >= 0.3 is 0 Å². The summed E-state index contributed by atoms with van der Waals surface area (Å²) in [5.74, 6) is 0.0376. The topological polar surface area (TPSA) is 42.0 Å². The van der Waals surface area contributed by atoms with E-state index in [0.29, 0.717) is 11.6 Å². The number of carbonyl (C=O) groups is 1. The number of rotatable bonds is 5. The number of thiophene rings is 1. The lowest BCUT2D eigenvalue weighted by atomic mass is 10.2. The molecule has 1 N–H and O–H groups in total. The molecule has 0 aliphatic heterocycles. The summed E-state index contributed by atoms with van der Waals surface area (Å²) in [6.07, 6.45) is 4.03. The molecule has 0 fully saturated rings. The summed E-state index contributed by atoms with van der Waals surface area (Å²) in [6.45, 7) is 0. The smallest absolute Gasteiger partial charge is 0.226 e. The van der Waals surface area contributed by atoms with E-state index in [1.54, 1.807) is 17.5 Å². The fourth-order valence-electron chi connectivity index (χ4n) is 1.38. The predicted molar refractivity (Wildman–Crippen MR) is 75.7 cm³/mol.